The summed E-state index contributed by atoms with van der Waals surface area (Å²) in [5.74, 6) is 1.86. The van der Waals surface area contributed by atoms with Crippen LogP contribution in [-0.2, 0) is 0 Å². The fourth-order valence-electron chi connectivity index (χ4n) is 2.77. The second-order valence-electron chi connectivity index (χ2n) is 5.46. The predicted octanol–water partition coefficient (Wildman–Crippen LogP) is 3.32. The molecule has 2 aromatic carbocycles. The van der Waals surface area contributed by atoms with Crippen molar-refractivity contribution in [3.8, 4) is 11.4 Å². The Kier molecular flexibility index (Phi) is 2.33. The highest BCUT2D eigenvalue weighted by Gasteiger charge is 2.29. The van der Waals surface area contributed by atoms with E-state index in [9.17, 15) is 0 Å². The Labute approximate surface area is 117 Å². The summed E-state index contributed by atoms with van der Waals surface area (Å²) in [6, 6.07) is 12.9. The molecule has 1 aliphatic carbocycles. The second-order valence-corrected chi connectivity index (χ2v) is 5.46. The maximum absolute atomic E-state index is 6.24. The summed E-state index contributed by atoms with van der Waals surface area (Å²) < 4.78 is 2.22. The molecule has 3 aromatic rings. The number of nitrogens with zero attached hydrogens (tertiary/aromatic N) is 3. The SMILES string of the molecule is Cc1nnc(-c2cc3ccccc3cc2N)n1C1CC1. The maximum atomic E-state index is 6.24. The zero-order valence-corrected chi connectivity index (χ0v) is 11.4. The number of aromatic nitrogens is 3. The molecule has 4 nitrogen and oxygen atoms in total. The van der Waals surface area contributed by atoms with Gasteiger partial charge in [0.1, 0.15) is 5.82 Å². The summed E-state index contributed by atoms with van der Waals surface area (Å²) in [5, 5.41) is 10.9. The fourth-order valence-corrected chi connectivity index (χ4v) is 2.77. The van der Waals surface area contributed by atoms with Gasteiger partial charge < -0.3 is 10.3 Å². The molecule has 1 saturated carbocycles. The standard InChI is InChI=1S/C16H16N4/c1-10-18-19-16(20(10)13-6-7-13)14-8-11-4-2-3-5-12(11)9-15(14)17/h2-5,8-9,13H,6-7,17H2,1H3. The third kappa shape index (κ3) is 1.68. The number of hydrogen-bond acceptors (Lipinski definition) is 3. The molecule has 0 unspecified atom stereocenters. The van der Waals surface area contributed by atoms with Crippen molar-refractivity contribution in [1.29, 1.82) is 0 Å². The molecule has 2 N–H and O–H groups in total. The molecule has 0 bridgehead atoms. The Morgan fingerprint density at radius 2 is 1.80 bits per heavy atom. The van der Waals surface area contributed by atoms with Gasteiger partial charge in [-0.25, -0.2) is 0 Å². The van der Waals surface area contributed by atoms with Gasteiger partial charge in [-0.05, 0) is 42.7 Å². The van der Waals surface area contributed by atoms with E-state index in [0.29, 0.717) is 6.04 Å². The molecular weight excluding hydrogens is 248 g/mol. The minimum Gasteiger partial charge on any atom is -0.398 e. The van der Waals surface area contributed by atoms with Gasteiger partial charge in [-0.2, -0.15) is 0 Å². The molecule has 20 heavy (non-hydrogen) atoms. The molecule has 0 spiro atoms. The highest BCUT2D eigenvalue weighted by atomic mass is 15.3. The van der Waals surface area contributed by atoms with E-state index < -0.39 is 0 Å². The molecule has 0 radical (unpaired) electrons. The number of benzene rings is 2. The highest BCUT2D eigenvalue weighted by Crippen LogP contribution is 2.40. The van der Waals surface area contributed by atoms with Gasteiger partial charge in [0.15, 0.2) is 5.82 Å². The first-order chi connectivity index (χ1) is 9.74. The molecule has 0 aliphatic heterocycles. The molecule has 1 aliphatic rings. The fraction of sp³-hybridized carbons (Fsp3) is 0.250. The van der Waals surface area contributed by atoms with Crippen LogP contribution in [-0.4, -0.2) is 14.8 Å². The Morgan fingerprint density at radius 3 is 2.50 bits per heavy atom. The molecule has 1 heterocycles. The molecule has 1 fully saturated rings. The Hall–Kier alpha value is -2.36. The smallest absolute Gasteiger partial charge is 0.166 e. The van der Waals surface area contributed by atoms with E-state index in [0.717, 1.165) is 28.3 Å². The summed E-state index contributed by atoms with van der Waals surface area (Å²) in [4.78, 5) is 0. The third-order valence-electron chi connectivity index (χ3n) is 3.94. The average Bonchev–Trinajstić information content (AvgIpc) is 3.21. The van der Waals surface area contributed by atoms with Crippen LogP contribution in [0, 0.1) is 6.92 Å². The number of fused-ring (bicyclic) bond motifs is 1. The first-order valence-corrected chi connectivity index (χ1v) is 6.94. The first kappa shape index (κ1) is 11.5. The number of anilines is 1. The largest absolute Gasteiger partial charge is 0.398 e. The van der Waals surface area contributed by atoms with Crippen molar-refractivity contribution in [2.45, 2.75) is 25.8 Å². The number of nitrogen functional groups attached to an aromatic ring is 1. The lowest BCUT2D eigenvalue weighted by Crippen LogP contribution is -2.02. The number of hydrogen-bond donors (Lipinski definition) is 1. The van der Waals surface area contributed by atoms with E-state index in [-0.39, 0.29) is 0 Å². The van der Waals surface area contributed by atoms with E-state index in [4.69, 9.17) is 5.73 Å². The summed E-state index contributed by atoms with van der Waals surface area (Å²) in [6.07, 6.45) is 2.42. The van der Waals surface area contributed by atoms with E-state index in [1.807, 2.05) is 25.1 Å². The second kappa shape index (κ2) is 4.07. The van der Waals surface area contributed by atoms with Gasteiger partial charge in [-0.3, -0.25) is 0 Å². The molecule has 0 atom stereocenters. The van der Waals surface area contributed by atoms with Gasteiger partial charge in [0.2, 0.25) is 0 Å². The Balaban J connectivity index is 1.96. The van der Waals surface area contributed by atoms with E-state index in [2.05, 4.69) is 33.0 Å². The molecular formula is C16H16N4. The van der Waals surface area contributed by atoms with E-state index in [1.165, 1.54) is 18.2 Å². The van der Waals surface area contributed by atoms with Crippen molar-refractivity contribution in [3.63, 3.8) is 0 Å². The molecule has 0 saturated heterocycles. The summed E-state index contributed by atoms with van der Waals surface area (Å²) in [7, 11) is 0. The highest BCUT2D eigenvalue weighted by molar-refractivity contribution is 5.92. The van der Waals surface area contributed by atoms with Crippen molar-refractivity contribution in [3.05, 3.63) is 42.2 Å². The van der Waals surface area contributed by atoms with Crippen LogP contribution in [0.1, 0.15) is 24.7 Å². The van der Waals surface area contributed by atoms with Crippen LogP contribution < -0.4 is 5.73 Å². The topological polar surface area (TPSA) is 56.7 Å². The minimum atomic E-state index is 0.547. The molecule has 4 heteroatoms. The van der Waals surface area contributed by atoms with Crippen molar-refractivity contribution in [1.82, 2.24) is 14.8 Å². The normalized spacial score (nSPS) is 14.8. The van der Waals surface area contributed by atoms with Crippen LogP contribution in [0.15, 0.2) is 36.4 Å². The molecule has 100 valence electrons. The summed E-state index contributed by atoms with van der Waals surface area (Å²) in [6.45, 7) is 2.01. The van der Waals surface area contributed by atoms with Crippen molar-refractivity contribution in [2.24, 2.45) is 0 Å². The van der Waals surface area contributed by atoms with Crippen molar-refractivity contribution in [2.75, 3.05) is 5.73 Å². The first-order valence-electron chi connectivity index (χ1n) is 6.94. The van der Waals surface area contributed by atoms with Gasteiger partial charge in [0.05, 0.1) is 0 Å². The molecule has 4 rings (SSSR count). The zero-order valence-electron chi connectivity index (χ0n) is 11.4. The minimum absolute atomic E-state index is 0.547. The van der Waals surface area contributed by atoms with E-state index >= 15 is 0 Å². The Bertz CT molecular complexity index is 799. The van der Waals surface area contributed by atoms with Crippen molar-refractivity contribution >= 4 is 16.5 Å². The lowest BCUT2D eigenvalue weighted by atomic mass is 10.0. The van der Waals surface area contributed by atoms with Crippen LogP contribution in [0.4, 0.5) is 5.69 Å². The van der Waals surface area contributed by atoms with E-state index in [1.54, 1.807) is 0 Å². The summed E-state index contributed by atoms with van der Waals surface area (Å²) in [5.41, 5.74) is 7.98. The van der Waals surface area contributed by atoms with Gasteiger partial charge in [0.25, 0.3) is 0 Å². The summed E-state index contributed by atoms with van der Waals surface area (Å²) >= 11 is 0. The number of nitrogens with two attached hydrogens (primary N) is 1. The zero-order chi connectivity index (χ0) is 13.7. The van der Waals surface area contributed by atoms with Crippen LogP contribution in [0.2, 0.25) is 0 Å². The monoisotopic (exact) mass is 264 g/mol. The van der Waals surface area contributed by atoms with Crippen LogP contribution >= 0.6 is 0 Å². The quantitative estimate of drug-likeness (QED) is 0.722. The maximum Gasteiger partial charge on any atom is 0.166 e. The number of rotatable bonds is 2. The van der Waals surface area contributed by atoms with Crippen LogP contribution in [0.25, 0.3) is 22.2 Å². The lowest BCUT2D eigenvalue weighted by Gasteiger charge is -2.10. The predicted molar refractivity (Wildman–Crippen MR) is 80.4 cm³/mol. The van der Waals surface area contributed by atoms with Gasteiger partial charge in [0, 0.05) is 17.3 Å². The van der Waals surface area contributed by atoms with Crippen LogP contribution in [0.3, 0.4) is 0 Å². The molecule has 1 aromatic heterocycles. The average molecular weight is 264 g/mol. The van der Waals surface area contributed by atoms with Crippen molar-refractivity contribution < 1.29 is 0 Å². The van der Waals surface area contributed by atoms with Gasteiger partial charge >= 0.3 is 0 Å². The molecule has 0 amide bonds. The lowest BCUT2D eigenvalue weighted by molar-refractivity contribution is 0.717. The van der Waals surface area contributed by atoms with Crippen LogP contribution in [0.5, 0.6) is 0 Å². The Morgan fingerprint density at radius 1 is 1.10 bits per heavy atom. The van der Waals surface area contributed by atoms with Gasteiger partial charge in [-0.1, -0.05) is 24.3 Å². The third-order valence-corrected chi connectivity index (χ3v) is 3.94. The van der Waals surface area contributed by atoms with Gasteiger partial charge in [-0.15, -0.1) is 10.2 Å². The number of aryl methyl sites for hydroxylation is 1.